The van der Waals surface area contributed by atoms with Crippen LogP contribution in [0.5, 0.6) is 17.2 Å². The van der Waals surface area contributed by atoms with Crippen LogP contribution in [0.2, 0.25) is 0 Å². The van der Waals surface area contributed by atoms with Crippen molar-refractivity contribution in [2.24, 2.45) is 0 Å². The molecule has 24 heavy (non-hydrogen) atoms. The molecule has 0 radical (unpaired) electrons. The summed E-state index contributed by atoms with van der Waals surface area (Å²) in [5.41, 5.74) is 1.08. The minimum Gasteiger partial charge on any atom is -0.497 e. The Bertz CT molecular complexity index is 728. The van der Waals surface area contributed by atoms with Crippen molar-refractivity contribution in [3.8, 4) is 23.3 Å². The van der Waals surface area contributed by atoms with Crippen LogP contribution in [0, 0.1) is 11.3 Å². The lowest BCUT2D eigenvalue weighted by Crippen LogP contribution is -2.30. The number of hydrogen-bond donors (Lipinski definition) is 1. The molecule has 124 valence electrons. The lowest BCUT2D eigenvalue weighted by Gasteiger charge is -2.15. The van der Waals surface area contributed by atoms with Crippen molar-refractivity contribution in [2.45, 2.75) is 13.0 Å². The van der Waals surface area contributed by atoms with Gasteiger partial charge in [0.1, 0.15) is 17.2 Å². The van der Waals surface area contributed by atoms with Crippen LogP contribution in [-0.4, -0.2) is 26.2 Å². The van der Waals surface area contributed by atoms with E-state index in [0.717, 1.165) is 0 Å². The van der Waals surface area contributed by atoms with Crippen molar-refractivity contribution in [3.63, 3.8) is 0 Å². The molecule has 1 N–H and O–H groups in total. The summed E-state index contributed by atoms with van der Waals surface area (Å²) in [5, 5.41) is 11.5. The fourth-order valence-electron chi connectivity index (χ4n) is 1.99. The van der Waals surface area contributed by atoms with E-state index in [2.05, 4.69) is 5.32 Å². The normalized spacial score (nSPS) is 11.1. The molecule has 0 fully saturated rings. The van der Waals surface area contributed by atoms with Crippen molar-refractivity contribution in [1.82, 2.24) is 0 Å². The molecule has 0 aliphatic heterocycles. The summed E-state index contributed by atoms with van der Waals surface area (Å²) in [6, 6.07) is 13.7. The van der Waals surface area contributed by atoms with Crippen molar-refractivity contribution < 1.29 is 19.0 Å². The minimum atomic E-state index is -0.713. The second-order valence-electron chi connectivity index (χ2n) is 4.99. The average Bonchev–Trinajstić information content (AvgIpc) is 2.61. The molecule has 0 bridgehead atoms. The summed E-state index contributed by atoms with van der Waals surface area (Å²) >= 11 is 0. The van der Waals surface area contributed by atoms with Gasteiger partial charge in [0.15, 0.2) is 6.10 Å². The third-order valence-electron chi connectivity index (χ3n) is 3.28. The summed E-state index contributed by atoms with van der Waals surface area (Å²) in [7, 11) is 3.08. The smallest absolute Gasteiger partial charge is 0.265 e. The van der Waals surface area contributed by atoms with E-state index in [9.17, 15) is 4.79 Å². The maximum Gasteiger partial charge on any atom is 0.265 e. The largest absolute Gasteiger partial charge is 0.497 e. The second kappa shape index (κ2) is 7.88. The molecule has 2 aromatic carbocycles. The summed E-state index contributed by atoms with van der Waals surface area (Å²) in [4.78, 5) is 12.3. The van der Waals surface area contributed by atoms with Crippen LogP contribution in [0.3, 0.4) is 0 Å². The third-order valence-corrected chi connectivity index (χ3v) is 3.28. The first-order chi connectivity index (χ1) is 11.5. The van der Waals surface area contributed by atoms with Crippen LogP contribution < -0.4 is 19.5 Å². The Labute approximate surface area is 140 Å². The summed E-state index contributed by atoms with van der Waals surface area (Å²) in [5.74, 6) is 1.35. The van der Waals surface area contributed by atoms with Crippen molar-refractivity contribution >= 4 is 11.6 Å². The first-order valence-electron chi connectivity index (χ1n) is 7.26. The highest BCUT2D eigenvalue weighted by molar-refractivity contribution is 5.94. The highest BCUT2D eigenvalue weighted by Gasteiger charge is 2.16. The monoisotopic (exact) mass is 326 g/mol. The molecule has 0 spiro atoms. The Morgan fingerprint density at radius 3 is 2.12 bits per heavy atom. The maximum absolute atomic E-state index is 12.3. The Morgan fingerprint density at radius 2 is 1.62 bits per heavy atom. The van der Waals surface area contributed by atoms with Gasteiger partial charge in [-0.1, -0.05) is 0 Å². The number of carbonyl (C=O) groups excluding carboxylic acids is 1. The average molecular weight is 326 g/mol. The zero-order chi connectivity index (χ0) is 17.5. The molecule has 0 aliphatic rings. The van der Waals surface area contributed by atoms with Crippen LogP contribution in [-0.2, 0) is 4.79 Å². The van der Waals surface area contributed by atoms with Crippen LogP contribution in [0.1, 0.15) is 12.5 Å². The highest BCUT2D eigenvalue weighted by Crippen LogP contribution is 2.26. The molecule has 1 amide bonds. The van der Waals surface area contributed by atoms with Crippen molar-refractivity contribution in [3.05, 3.63) is 48.0 Å². The first-order valence-corrected chi connectivity index (χ1v) is 7.26. The van der Waals surface area contributed by atoms with Gasteiger partial charge in [0.05, 0.1) is 25.9 Å². The number of carbonyl (C=O) groups is 1. The van der Waals surface area contributed by atoms with Crippen LogP contribution in [0.15, 0.2) is 42.5 Å². The van der Waals surface area contributed by atoms with Gasteiger partial charge in [-0.15, -0.1) is 0 Å². The van der Waals surface area contributed by atoms with Crippen LogP contribution in [0.25, 0.3) is 0 Å². The summed E-state index contributed by atoms with van der Waals surface area (Å²) < 4.78 is 15.9. The predicted molar refractivity (Wildman–Crippen MR) is 89.4 cm³/mol. The zero-order valence-electron chi connectivity index (χ0n) is 13.7. The van der Waals surface area contributed by atoms with Gasteiger partial charge in [0.25, 0.3) is 5.91 Å². The first kappa shape index (κ1) is 17.2. The van der Waals surface area contributed by atoms with E-state index in [1.54, 1.807) is 49.4 Å². The number of hydrogen-bond acceptors (Lipinski definition) is 5. The van der Waals surface area contributed by atoms with Gasteiger partial charge in [-0.05, 0) is 31.2 Å². The quantitative estimate of drug-likeness (QED) is 0.882. The van der Waals surface area contributed by atoms with E-state index in [1.807, 2.05) is 6.07 Å². The molecule has 1 unspecified atom stereocenters. The molecule has 6 heteroatoms. The number of nitrogens with one attached hydrogen (secondary N) is 1. The zero-order valence-corrected chi connectivity index (χ0v) is 13.7. The van der Waals surface area contributed by atoms with Gasteiger partial charge in [-0.2, -0.15) is 5.26 Å². The van der Waals surface area contributed by atoms with Gasteiger partial charge >= 0.3 is 0 Å². The lowest BCUT2D eigenvalue weighted by atomic mass is 10.2. The van der Waals surface area contributed by atoms with Crippen molar-refractivity contribution in [1.29, 1.82) is 5.26 Å². The van der Waals surface area contributed by atoms with Crippen molar-refractivity contribution in [2.75, 3.05) is 19.5 Å². The molecular weight excluding hydrogens is 308 g/mol. The number of ether oxygens (including phenoxy) is 3. The summed E-state index contributed by atoms with van der Waals surface area (Å²) in [6.07, 6.45) is -0.713. The Kier molecular flexibility index (Phi) is 5.63. The number of rotatable bonds is 6. The molecular formula is C18H18N2O4. The topological polar surface area (TPSA) is 80.6 Å². The number of amides is 1. The third kappa shape index (κ3) is 4.40. The molecule has 0 heterocycles. The Hall–Kier alpha value is -3.20. The number of nitrogens with zero attached hydrogens (tertiary/aromatic N) is 1. The molecule has 1 atom stereocenters. The molecule has 0 saturated heterocycles. The standard InChI is InChI=1S/C18H18N2O4/c1-12(24-15-6-4-13(11-19)5-7-15)18(21)20-14-8-16(22-2)10-17(9-14)23-3/h4-10,12H,1-3H3,(H,20,21). The number of methoxy groups -OCH3 is 2. The molecule has 0 saturated carbocycles. The fraction of sp³-hybridized carbons (Fsp3) is 0.222. The lowest BCUT2D eigenvalue weighted by molar-refractivity contribution is -0.122. The second-order valence-corrected chi connectivity index (χ2v) is 4.99. The van der Waals surface area contributed by atoms with Crippen LogP contribution >= 0.6 is 0 Å². The number of benzene rings is 2. The van der Waals surface area contributed by atoms with Gasteiger partial charge in [0, 0.05) is 23.9 Å². The minimum absolute atomic E-state index is 0.310. The molecule has 2 aromatic rings. The molecule has 0 aromatic heterocycles. The molecule has 6 nitrogen and oxygen atoms in total. The summed E-state index contributed by atoms with van der Waals surface area (Å²) in [6.45, 7) is 1.64. The Balaban J connectivity index is 2.04. The van der Waals surface area contributed by atoms with Crippen LogP contribution in [0.4, 0.5) is 5.69 Å². The maximum atomic E-state index is 12.3. The Morgan fingerprint density at radius 1 is 1.04 bits per heavy atom. The molecule has 0 aliphatic carbocycles. The highest BCUT2D eigenvalue weighted by atomic mass is 16.5. The van der Waals surface area contributed by atoms with Gasteiger partial charge in [-0.25, -0.2) is 0 Å². The number of anilines is 1. The van der Waals surface area contributed by atoms with E-state index in [-0.39, 0.29) is 5.91 Å². The fourth-order valence-corrected chi connectivity index (χ4v) is 1.99. The van der Waals surface area contributed by atoms with E-state index >= 15 is 0 Å². The van der Waals surface area contributed by atoms with E-state index in [1.165, 1.54) is 14.2 Å². The van der Waals surface area contributed by atoms with Gasteiger partial charge < -0.3 is 19.5 Å². The van der Waals surface area contributed by atoms with E-state index in [0.29, 0.717) is 28.5 Å². The van der Waals surface area contributed by atoms with E-state index in [4.69, 9.17) is 19.5 Å². The number of nitriles is 1. The predicted octanol–water partition coefficient (Wildman–Crippen LogP) is 2.98. The van der Waals surface area contributed by atoms with E-state index < -0.39 is 6.10 Å². The molecule has 2 rings (SSSR count). The van der Waals surface area contributed by atoms with Gasteiger partial charge in [0.2, 0.25) is 0 Å². The SMILES string of the molecule is COc1cc(NC(=O)C(C)Oc2ccc(C#N)cc2)cc(OC)c1. The van der Waals surface area contributed by atoms with Gasteiger partial charge in [-0.3, -0.25) is 4.79 Å².